The first kappa shape index (κ1) is 20.1. The molecule has 136 valence electrons. The van der Waals surface area contributed by atoms with Crippen LogP contribution < -0.4 is 0 Å². The third-order valence-electron chi connectivity index (χ3n) is 3.98. The Balaban J connectivity index is 2.80. The number of rotatable bonds is 8. The Morgan fingerprint density at radius 2 is 1.67 bits per heavy atom. The average molecular weight is 340 g/mol. The molecule has 7 nitrogen and oxygen atoms in total. The van der Waals surface area contributed by atoms with Crippen LogP contribution in [0.4, 0.5) is 0 Å². The van der Waals surface area contributed by atoms with Crippen LogP contribution in [0.25, 0.3) is 0 Å². The van der Waals surface area contributed by atoms with E-state index in [4.69, 9.17) is 4.84 Å². The fraction of sp³-hybridized carbons (Fsp3) is 0.765. The number of hydrogen-bond donors (Lipinski definition) is 0. The first-order chi connectivity index (χ1) is 11.2. The van der Waals surface area contributed by atoms with E-state index in [1.165, 1.54) is 0 Å². The quantitative estimate of drug-likeness (QED) is 0.630. The summed E-state index contributed by atoms with van der Waals surface area (Å²) in [5.74, 6) is -2.35. The van der Waals surface area contributed by atoms with Gasteiger partial charge in [-0.1, -0.05) is 13.8 Å². The van der Waals surface area contributed by atoms with Gasteiger partial charge in [-0.3, -0.25) is 14.4 Å². The second kappa shape index (κ2) is 8.80. The van der Waals surface area contributed by atoms with Crippen molar-refractivity contribution in [2.45, 2.75) is 66.3 Å². The highest BCUT2D eigenvalue weighted by molar-refractivity contribution is 6.01. The molecule has 0 aromatic heterocycles. The number of imide groups is 1. The molecule has 1 heterocycles. The zero-order valence-corrected chi connectivity index (χ0v) is 15.2. The van der Waals surface area contributed by atoms with Gasteiger partial charge in [0.05, 0.1) is 5.92 Å². The summed E-state index contributed by atoms with van der Waals surface area (Å²) in [6.45, 7) is 10.2. The molecule has 1 aliphatic rings. The van der Waals surface area contributed by atoms with Gasteiger partial charge in [-0.25, -0.2) is 4.79 Å². The zero-order valence-electron chi connectivity index (χ0n) is 15.2. The van der Waals surface area contributed by atoms with Crippen LogP contribution in [-0.2, 0) is 24.0 Å². The maximum absolute atomic E-state index is 12.4. The monoisotopic (exact) mass is 340 g/mol. The summed E-state index contributed by atoms with van der Waals surface area (Å²) in [5, 5.41) is 0.542. The second-order valence-electron chi connectivity index (χ2n) is 6.80. The van der Waals surface area contributed by atoms with Crippen molar-refractivity contribution in [2.24, 2.45) is 11.8 Å². The number of carbonyl (C=O) groups excluding carboxylic acids is 4. The van der Waals surface area contributed by atoms with E-state index in [0.29, 0.717) is 18.0 Å². The predicted octanol–water partition coefficient (Wildman–Crippen LogP) is 1.90. The van der Waals surface area contributed by atoms with E-state index in [9.17, 15) is 19.2 Å². The van der Waals surface area contributed by atoms with Crippen LogP contribution in [0.1, 0.15) is 60.3 Å². The Morgan fingerprint density at radius 3 is 2.08 bits per heavy atom. The van der Waals surface area contributed by atoms with Gasteiger partial charge in [0.1, 0.15) is 0 Å². The maximum atomic E-state index is 12.4. The van der Waals surface area contributed by atoms with Crippen molar-refractivity contribution in [3.63, 3.8) is 0 Å². The minimum Gasteiger partial charge on any atom is -0.341 e. The van der Waals surface area contributed by atoms with Crippen molar-refractivity contribution < 1.29 is 24.0 Å². The Kier molecular flexibility index (Phi) is 7.38. The zero-order chi connectivity index (χ0) is 18.4. The Labute approximate surface area is 143 Å². The Hall–Kier alpha value is -1.92. The molecule has 0 saturated carbocycles. The summed E-state index contributed by atoms with van der Waals surface area (Å²) in [6, 6.07) is 0.0416. The van der Waals surface area contributed by atoms with Gasteiger partial charge in [-0.05, 0) is 33.1 Å². The van der Waals surface area contributed by atoms with Crippen LogP contribution in [0, 0.1) is 11.8 Å². The van der Waals surface area contributed by atoms with Gasteiger partial charge >= 0.3 is 5.97 Å². The highest BCUT2D eigenvalue weighted by atomic mass is 16.7. The van der Waals surface area contributed by atoms with Gasteiger partial charge in [-0.2, -0.15) is 0 Å². The molecule has 0 radical (unpaired) electrons. The largest absolute Gasteiger partial charge is 0.341 e. The summed E-state index contributed by atoms with van der Waals surface area (Å²) in [4.78, 5) is 54.7. The van der Waals surface area contributed by atoms with Crippen molar-refractivity contribution in [3.05, 3.63) is 0 Å². The van der Waals surface area contributed by atoms with Crippen LogP contribution >= 0.6 is 0 Å². The summed E-state index contributed by atoms with van der Waals surface area (Å²) in [7, 11) is 0. The Morgan fingerprint density at radius 1 is 1.12 bits per heavy atom. The maximum Gasteiger partial charge on any atom is 0.336 e. The third kappa shape index (κ3) is 5.32. The third-order valence-corrected chi connectivity index (χ3v) is 3.98. The van der Waals surface area contributed by atoms with Crippen molar-refractivity contribution >= 4 is 23.7 Å². The lowest BCUT2D eigenvalue weighted by atomic mass is 9.93. The molecule has 3 amide bonds. The SMILES string of the molecule is CCN(C(=O)C[C@@H](CC(C)C)C(=O)ON1C(=O)CCC1=O)C(C)C. The summed E-state index contributed by atoms with van der Waals surface area (Å²) in [6.07, 6.45) is 0.573. The van der Waals surface area contributed by atoms with Gasteiger partial charge in [-0.15, -0.1) is 5.06 Å². The summed E-state index contributed by atoms with van der Waals surface area (Å²) in [5.41, 5.74) is 0. The number of amides is 3. The number of carbonyl (C=O) groups is 4. The molecular formula is C17H28N2O5. The van der Waals surface area contributed by atoms with Gasteiger partial charge in [0.15, 0.2) is 0 Å². The molecule has 1 aliphatic heterocycles. The molecule has 1 saturated heterocycles. The van der Waals surface area contributed by atoms with Crippen LogP contribution in [0.5, 0.6) is 0 Å². The van der Waals surface area contributed by atoms with Crippen LogP contribution in [0.3, 0.4) is 0 Å². The van der Waals surface area contributed by atoms with Crippen LogP contribution in [-0.4, -0.2) is 46.2 Å². The lowest BCUT2D eigenvalue weighted by molar-refractivity contribution is -0.201. The smallest absolute Gasteiger partial charge is 0.336 e. The van der Waals surface area contributed by atoms with Crippen molar-refractivity contribution in [1.82, 2.24) is 9.96 Å². The molecule has 0 spiro atoms. The number of hydroxylamine groups is 2. The fourth-order valence-electron chi connectivity index (χ4n) is 2.81. The lowest BCUT2D eigenvalue weighted by Gasteiger charge is -2.27. The molecule has 0 aliphatic carbocycles. The molecule has 1 fully saturated rings. The van der Waals surface area contributed by atoms with Gasteiger partial charge in [0.25, 0.3) is 11.8 Å². The van der Waals surface area contributed by atoms with Crippen LogP contribution in [0.2, 0.25) is 0 Å². The van der Waals surface area contributed by atoms with Crippen LogP contribution in [0.15, 0.2) is 0 Å². The second-order valence-corrected chi connectivity index (χ2v) is 6.80. The molecular weight excluding hydrogens is 312 g/mol. The molecule has 0 N–H and O–H groups in total. The Bertz CT molecular complexity index is 485. The molecule has 1 atom stereocenters. The van der Waals surface area contributed by atoms with Gasteiger partial charge in [0.2, 0.25) is 5.91 Å². The van der Waals surface area contributed by atoms with E-state index in [0.717, 1.165) is 0 Å². The predicted molar refractivity (Wildman–Crippen MR) is 87.3 cm³/mol. The summed E-state index contributed by atoms with van der Waals surface area (Å²) < 4.78 is 0. The molecule has 0 unspecified atom stereocenters. The highest BCUT2D eigenvalue weighted by Gasteiger charge is 2.36. The minimum atomic E-state index is -0.694. The molecule has 24 heavy (non-hydrogen) atoms. The molecule has 0 bridgehead atoms. The topological polar surface area (TPSA) is 84.0 Å². The first-order valence-corrected chi connectivity index (χ1v) is 8.54. The fourth-order valence-corrected chi connectivity index (χ4v) is 2.81. The molecule has 0 aromatic carbocycles. The van der Waals surface area contributed by atoms with Gasteiger partial charge in [0, 0.05) is 31.8 Å². The van der Waals surface area contributed by atoms with E-state index >= 15 is 0 Å². The van der Waals surface area contributed by atoms with Crippen molar-refractivity contribution in [3.8, 4) is 0 Å². The normalized spacial score (nSPS) is 16.0. The van der Waals surface area contributed by atoms with Crippen molar-refractivity contribution in [1.29, 1.82) is 0 Å². The van der Waals surface area contributed by atoms with E-state index < -0.39 is 23.7 Å². The van der Waals surface area contributed by atoms with E-state index in [2.05, 4.69) is 0 Å². The molecule has 0 aromatic rings. The first-order valence-electron chi connectivity index (χ1n) is 8.54. The highest BCUT2D eigenvalue weighted by Crippen LogP contribution is 2.21. The summed E-state index contributed by atoms with van der Waals surface area (Å²) >= 11 is 0. The number of nitrogens with zero attached hydrogens (tertiary/aromatic N) is 2. The number of hydrogen-bond acceptors (Lipinski definition) is 5. The minimum absolute atomic E-state index is 0.0131. The van der Waals surface area contributed by atoms with Crippen molar-refractivity contribution in [2.75, 3.05) is 6.54 Å². The molecule has 7 heteroatoms. The standard InChI is InChI=1S/C17H28N2O5/c1-6-18(12(4)5)16(22)10-13(9-11(2)3)17(23)24-19-14(20)7-8-15(19)21/h11-13H,6-10H2,1-5H3/t13-/m1/s1. The van der Waals surface area contributed by atoms with E-state index in [1.807, 2.05) is 34.6 Å². The van der Waals surface area contributed by atoms with E-state index in [1.54, 1.807) is 4.90 Å². The molecule has 1 rings (SSSR count). The van der Waals surface area contributed by atoms with E-state index in [-0.39, 0.29) is 37.1 Å². The van der Waals surface area contributed by atoms with Gasteiger partial charge < -0.3 is 9.74 Å². The average Bonchev–Trinajstić information content (AvgIpc) is 2.78. The lowest BCUT2D eigenvalue weighted by Crippen LogP contribution is -2.40.